The fraction of sp³-hybridized carbons (Fsp3) is 0.250. The molecule has 0 bridgehead atoms. The lowest BCUT2D eigenvalue weighted by Crippen LogP contribution is -2.24. The van der Waals surface area contributed by atoms with Crippen LogP contribution < -0.4 is 10.6 Å². The largest absolute Gasteiger partial charge is 0.373 e. The van der Waals surface area contributed by atoms with E-state index in [9.17, 15) is 4.79 Å². The Bertz CT molecular complexity index is 599. The van der Waals surface area contributed by atoms with Crippen molar-refractivity contribution in [3.63, 3.8) is 0 Å². The zero-order valence-corrected chi connectivity index (χ0v) is 12.1. The smallest absolute Gasteiger partial charge is 0.271 e. The highest BCUT2D eigenvalue weighted by molar-refractivity contribution is 7.11. The first-order chi connectivity index (χ1) is 9.10. The van der Waals surface area contributed by atoms with Gasteiger partial charge in [-0.25, -0.2) is 9.97 Å². The zero-order valence-electron chi connectivity index (χ0n) is 10.5. The molecule has 2 aromatic rings. The summed E-state index contributed by atoms with van der Waals surface area (Å²) >= 11 is 7.52. The molecule has 0 unspecified atom stereocenters. The molecule has 2 heterocycles. The molecule has 0 aliphatic carbocycles. The van der Waals surface area contributed by atoms with Crippen molar-refractivity contribution >= 4 is 34.7 Å². The molecule has 1 amide bonds. The molecule has 0 aliphatic heterocycles. The Hall–Kier alpha value is -1.66. The first kappa shape index (κ1) is 13.8. The third-order valence-electron chi connectivity index (χ3n) is 2.41. The molecule has 2 aromatic heterocycles. The molecule has 0 fully saturated rings. The van der Waals surface area contributed by atoms with E-state index in [1.807, 2.05) is 6.92 Å². The molecule has 0 saturated heterocycles. The lowest BCUT2D eigenvalue weighted by Gasteiger charge is -2.06. The molecule has 0 saturated carbocycles. The summed E-state index contributed by atoms with van der Waals surface area (Å²) in [5.74, 6) is 0.302. The van der Waals surface area contributed by atoms with Crippen molar-refractivity contribution in [3.05, 3.63) is 38.9 Å². The van der Waals surface area contributed by atoms with E-state index in [0.29, 0.717) is 17.4 Å². The van der Waals surface area contributed by atoms with Gasteiger partial charge in [0.25, 0.3) is 5.91 Å². The van der Waals surface area contributed by atoms with Gasteiger partial charge >= 0.3 is 0 Å². The molecule has 2 rings (SSSR count). The highest BCUT2D eigenvalue weighted by Gasteiger charge is 2.13. The molecule has 0 atom stereocenters. The number of nitrogens with zero attached hydrogens (tertiary/aromatic N) is 2. The summed E-state index contributed by atoms with van der Waals surface area (Å²) in [6.45, 7) is 2.34. The van der Waals surface area contributed by atoms with E-state index in [-0.39, 0.29) is 11.6 Å². The normalized spacial score (nSPS) is 10.3. The van der Waals surface area contributed by atoms with Crippen LogP contribution in [0, 0.1) is 6.92 Å². The maximum absolute atomic E-state index is 12.0. The molecule has 100 valence electrons. The second-order valence-electron chi connectivity index (χ2n) is 3.81. The van der Waals surface area contributed by atoms with Crippen molar-refractivity contribution in [2.24, 2.45) is 0 Å². The molecule has 19 heavy (non-hydrogen) atoms. The molecular weight excluding hydrogens is 284 g/mol. The number of halogens is 1. The number of rotatable bonds is 4. The first-order valence-corrected chi connectivity index (χ1v) is 6.83. The maximum Gasteiger partial charge on any atom is 0.271 e. The van der Waals surface area contributed by atoms with E-state index in [2.05, 4.69) is 20.6 Å². The van der Waals surface area contributed by atoms with E-state index >= 15 is 0 Å². The number of anilines is 1. The minimum atomic E-state index is -0.298. The number of hydrogen-bond acceptors (Lipinski definition) is 5. The van der Waals surface area contributed by atoms with Crippen molar-refractivity contribution in [2.45, 2.75) is 13.5 Å². The van der Waals surface area contributed by atoms with Crippen LogP contribution >= 0.6 is 22.9 Å². The van der Waals surface area contributed by atoms with Crippen molar-refractivity contribution < 1.29 is 4.79 Å². The molecule has 2 N–H and O–H groups in total. The maximum atomic E-state index is 12.0. The zero-order chi connectivity index (χ0) is 13.8. The average molecular weight is 297 g/mol. The lowest BCUT2D eigenvalue weighted by atomic mass is 10.3. The second-order valence-corrected chi connectivity index (χ2v) is 5.53. The van der Waals surface area contributed by atoms with Crippen LogP contribution in [0.25, 0.3) is 0 Å². The van der Waals surface area contributed by atoms with Crippen LogP contribution in [0.2, 0.25) is 5.02 Å². The SMILES string of the molecule is CNc1ccc(Cl)c(C(=O)NCc2cnc(C)s2)n1. The number of nitrogens with one attached hydrogen (secondary N) is 2. The number of carbonyl (C=O) groups is 1. The predicted molar refractivity (Wildman–Crippen MR) is 76.8 cm³/mol. The molecule has 0 spiro atoms. The minimum absolute atomic E-state index is 0.217. The third-order valence-corrected chi connectivity index (χ3v) is 3.63. The predicted octanol–water partition coefficient (Wildman–Crippen LogP) is 2.47. The summed E-state index contributed by atoms with van der Waals surface area (Å²) in [6, 6.07) is 3.36. The summed E-state index contributed by atoms with van der Waals surface area (Å²) < 4.78 is 0. The van der Waals surface area contributed by atoms with Crippen molar-refractivity contribution in [3.8, 4) is 0 Å². The van der Waals surface area contributed by atoms with Gasteiger partial charge < -0.3 is 10.6 Å². The third kappa shape index (κ3) is 3.42. The van der Waals surface area contributed by atoms with Crippen LogP contribution in [0.3, 0.4) is 0 Å². The van der Waals surface area contributed by atoms with E-state index in [1.54, 1.807) is 36.7 Å². The number of hydrogen-bond donors (Lipinski definition) is 2. The van der Waals surface area contributed by atoms with Gasteiger partial charge in [0.2, 0.25) is 0 Å². The number of amides is 1. The van der Waals surface area contributed by atoms with Gasteiger partial charge in [0, 0.05) is 18.1 Å². The van der Waals surface area contributed by atoms with Crippen LogP contribution in [-0.4, -0.2) is 22.9 Å². The van der Waals surface area contributed by atoms with Crippen LogP contribution in [0.15, 0.2) is 18.3 Å². The number of aryl methyl sites for hydroxylation is 1. The molecule has 0 aromatic carbocycles. The van der Waals surface area contributed by atoms with Crippen LogP contribution in [0.5, 0.6) is 0 Å². The fourth-order valence-corrected chi connectivity index (χ4v) is 2.40. The van der Waals surface area contributed by atoms with Crippen LogP contribution in [-0.2, 0) is 6.54 Å². The summed E-state index contributed by atoms with van der Waals surface area (Å²) in [5.41, 5.74) is 0.217. The number of carbonyl (C=O) groups excluding carboxylic acids is 1. The average Bonchev–Trinajstić information content (AvgIpc) is 2.82. The first-order valence-electron chi connectivity index (χ1n) is 5.64. The Balaban J connectivity index is 2.07. The van der Waals surface area contributed by atoms with Crippen molar-refractivity contribution in [1.82, 2.24) is 15.3 Å². The fourth-order valence-electron chi connectivity index (χ4n) is 1.48. The van der Waals surface area contributed by atoms with E-state index in [1.165, 1.54) is 0 Å². The topological polar surface area (TPSA) is 66.9 Å². The monoisotopic (exact) mass is 296 g/mol. The van der Waals surface area contributed by atoms with Crippen LogP contribution in [0.4, 0.5) is 5.82 Å². The lowest BCUT2D eigenvalue weighted by molar-refractivity contribution is 0.0946. The van der Waals surface area contributed by atoms with Gasteiger partial charge in [-0.05, 0) is 19.1 Å². The van der Waals surface area contributed by atoms with E-state index < -0.39 is 0 Å². The van der Waals surface area contributed by atoms with Gasteiger partial charge in [0.1, 0.15) is 11.5 Å². The van der Waals surface area contributed by atoms with Gasteiger partial charge in [0.15, 0.2) is 0 Å². The van der Waals surface area contributed by atoms with Crippen LogP contribution in [0.1, 0.15) is 20.4 Å². The Morgan fingerprint density at radius 3 is 2.89 bits per heavy atom. The summed E-state index contributed by atoms with van der Waals surface area (Å²) in [4.78, 5) is 21.3. The number of thiazole rings is 1. The quantitative estimate of drug-likeness (QED) is 0.909. The van der Waals surface area contributed by atoms with Gasteiger partial charge in [-0.1, -0.05) is 11.6 Å². The molecule has 5 nitrogen and oxygen atoms in total. The Labute approximate surface area is 120 Å². The highest BCUT2D eigenvalue weighted by atomic mass is 35.5. The molecule has 0 aliphatic rings. The Morgan fingerprint density at radius 2 is 2.26 bits per heavy atom. The van der Waals surface area contributed by atoms with E-state index in [0.717, 1.165) is 9.88 Å². The number of pyridine rings is 1. The van der Waals surface area contributed by atoms with Crippen molar-refractivity contribution in [2.75, 3.05) is 12.4 Å². The van der Waals surface area contributed by atoms with Gasteiger partial charge in [-0.15, -0.1) is 11.3 Å². The second kappa shape index (κ2) is 5.99. The van der Waals surface area contributed by atoms with Gasteiger partial charge in [-0.2, -0.15) is 0 Å². The summed E-state index contributed by atoms with van der Waals surface area (Å²) in [6.07, 6.45) is 1.75. The summed E-state index contributed by atoms with van der Waals surface area (Å²) in [7, 11) is 1.73. The van der Waals surface area contributed by atoms with Gasteiger partial charge in [0.05, 0.1) is 16.6 Å². The summed E-state index contributed by atoms with van der Waals surface area (Å²) in [5, 5.41) is 6.95. The molecule has 7 heteroatoms. The van der Waals surface area contributed by atoms with Gasteiger partial charge in [-0.3, -0.25) is 4.79 Å². The van der Waals surface area contributed by atoms with Crippen molar-refractivity contribution in [1.29, 1.82) is 0 Å². The standard InChI is InChI=1S/C12H13ClN4OS/c1-7-15-5-8(19-7)6-16-12(18)11-9(13)3-4-10(14-2)17-11/h3-5H,6H2,1-2H3,(H,14,17)(H,16,18). The highest BCUT2D eigenvalue weighted by Crippen LogP contribution is 2.17. The Morgan fingerprint density at radius 1 is 1.47 bits per heavy atom. The van der Waals surface area contributed by atoms with E-state index in [4.69, 9.17) is 11.6 Å². The molecular formula is C12H13ClN4OS. The Kier molecular flexibility index (Phi) is 4.34. The number of aromatic nitrogens is 2. The minimum Gasteiger partial charge on any atom is -0.373 e. The molecule has 0 radical (unpaired) electrons.